The highest BCUT2D eigenvalue weighted by Gasteiger charge is 2.30. The van der Waals surface area contributed by atoms with Crippen LogP contribution in [0.5, 0.6) is 0 Å². The summed E-state index contributed by atoms with van der Waals surface area (Å²) in [7, 11) is 0. The van der Waals surface area contributed by atoms with Gasteiger partial charge in [-0.15, -0.1) is 0 Å². The van der Waals surface area contributed by atoms with E-state index in [0.717, 1.165) is 12.1 Å². The molecule has 6 heteroatoms. The predicted molar refractivity (Wildman–Crippen MR) is 56.8 cm³/mol. The molecule has 0 amide bonds. The van der Waals surface area contributed by atoms with Crippen molar-refractivity contribution in [1.29, 1.82) is 0 Å². The number of hydrogen-bond donors (Lipinski definition) is 0. The highest BCUT2D eigenvalue weighted by atomic mass is 19.4. The van der Waals surface area contributed by atoms with E-state index < -0.39 is 17.6 Å². The maximum Gasteiger partial charge on any atom is 0.416 e. The number of aromatic nitrogens is 1. The molecule has 2 rings (SSSR count). The van der Waals surface area contributed by atoms with Crippen LogP contribution < -0.4 is 0 Å². The van der Waals surface area contributed by atoms with Gasteiger partial charge >= 0.3 is 6.18 Å². The Bertz CT molecular complexity index is 558. The van der Waals surface area contributed by atoms with E-state index >= 15 is 0 Å². The molecule has 0 N–H and O–H groups in total. The minimum atomic E-state index is -4.55. The maximum absolute atomic E-state index is 13.4. The Morgan fingerprint density at radius 3 is 2.50 bits per heavy atom. The fraction of sp³-hybridized carbons (Fsp3) is 0.0833. The molecular weight excluding hydrogens is 250 g/mol. The summed E-state index contributed by atoms with van der Waals surface area (Å²) in [6, 6.07) is 2.32. The Balaban J connectivity index is 2.26. The molecule has 94 valence electrons. The molecule has 0 aliphatic carbocycles. The van der Waals surface area contributed by atoms with Crippen molar-refractivity contribution in [2.45, 2.75) is 6.18 Å². The Kier molecular flexibility index (Phi) is 3.18. The van der Waals surface area contributed by atoms with E-state index in [-0.39, 0.29) is 11.5 Å². The maximum atomic E-state index is 13.4. The van der Waals surface area contributed by atoms with Gasteiger partial charge in [0.05, 0.1) is 11.8 Å². The van der Waals surface area contributed by atoms with Crippen LogP contribution in [0.25, 0.3) is 12.2 Å². The van der Waals surface area contributed by atoms with Gasteiger partial charge in [0.1, 0.15) is 12.1 Å². The number of alkyl halides is 3. The van der Waals surface area contributed by atoms with Gasteiger partial charge in [0.2, 0.25) is 5.89 Å². The van der Waals surface area contributed by atoms with Crippen LogP contribution in [0.2, 0.25) is 0 Å². The number of halogens is 4. The molecule has 2 aromatic rings. The van der Waals surface area contributed by atoms with Gasteiger partial charge in [0, 0.05) is 11.6 Å². The molecular formula is C12H7F4NO. The quantitative estimate of drug-likeness (QED) is 0.760. The number of rotatable bonds is 2. The molecule has 0 fully saturated rings. The first-order valence-electron chi connectivity index (χ1n) is 4.91. The average molecular weight is 257 g/mol. The third-order valence-electron chi connectivity index (χ3n) is 2.18. The Morgan fingerprint density at radius 2 is 1.94 bits per heavy atom. The summed E-state index contributed by atoms with van der Waals surface area (Å²) in [5, 5.41) is 0. The summed E-state index contributed by atoms with van der Waals surface area (Å²) in [4.78, 5) is 3.76. The lowest BCUT2D eigenvalue weighted by atomic mass is 10.1. The Labute approximate surface area is 99.6 Å². The van der Waals surface area contributed by atoms with Crippen LogP contribution in [0.1, 0.15) is 17.0 Å². The zero-order chi connectivity index (χ0) is 13.2. The van der Waals surface area contributed by atoms with Crippen molar-refractivity contribution >= 4 is 12.2 Å². The van der Waals surface area contributed by atoms with Gasteiger partial charge in [-0.05, 0) is 18.2 Å². The molecule has 0 atom stereocenters. The van der Waals surface area contributed by atoms with E-state index in [4.69, 9.17) is 4.42 Å². The lowest BCUT2D eigenvalue weighted by Crippen LogP contribution is -2.05. The lowest BCUT2D eigenvalue weighted by molar-refractivity contribution is -0.137. The monoisotopic (exact) mass is 257 g/mol. The van der Waals surface area contributed by atoms with E-state index in [1.807, 2.05) is 0 Å². The molecule has 0 radical (unpaired) electrons. The van der Waals surface area contributed by atoms with Crippen molar-refractivity contribution in [3.05, 3.63) is 53.5 Å². The number of oxazole rings is 1. The van der Waals surface area contributed by atoms with E-state index in [2.05, 4.69) is 4.98 Å². The highest BCUT2D eigenvalue weighted by molar-refractivity contribution is 5.66. The van der Waals surface area contributed by atoms with Crippen LogP contribution in [-0.2, 0) is 6.18 Å². The third-order valence-corrected chi connectivity index (χ3v) is 2.18. The first-order valence-corrected chi connectivity index (χ1v) is 4.91. The Morgan fingerprint density at radius 1 is 1.17 bits per heavy atom. The van der Waals surface area contributed by atoms with E-state index in [1.54, 1.807) is 0 Å². The summed E-state index contributed by atoms with van der Waals surface area (Å²) < 4.78 is 55.2. The molecule has 0 saturated carbocycles. The van der Waals surface area contributed by atoms with Gasteiger partial charge < -0.3 is 4.42 Å². The molecule has 1 aromatic carbocycles. The van der Waals surface area contributed by atoms with Gasteiger partial charge in [-0.1, -0.05) is 6.07 Å². The summed E-state index contributed by atoms with van der Waals surface area (Å²) in [5.41, 5.74) is -0.991. The zero-order valence-corrected chi connectivity index (χ0v) is 8.91. The molecule has 2 nitrogen and oxygen atoms in total. The van der Waals surface area contributed by atoms with Crippen molar-refractivity contribution < 1.29 is 22.0 Å². The summed E-state index contributed by atoms with van der Waals surface area (Å²) in [6.07, 6.45) is 0.851. The van der Waals surface area contributed by atoms with Gasteiger partial charge in [-0.3, -0.25) is 0 Å². The molecule has 1 aromatic heterocycles. The van der Waals surface area contributed by atoms with Crippen LogP contribution in [-0.4, -0.2) is 4.98 Å². The molecule has 0 spiro atoms. The summed E-state index contributed by atoms with van der Waals surface area (Å²) >= 11 is 0. The van der Waals surface area contributed by atoms with Crippen LogP contribution in [0, 0.1) is 5.82 Å². The minimum Gasteiger partial charge on any atom is -0.445 e. The average Bonchev–Trinajstić information content (AvgIpc) is 2.79. The van der Waals surface area contributed by atoms with Crippen molar-refractivity contribution in [2.75, 3.05) is 0 Å². The molecule has 0 bridgehead atoms. The second-order valence-corrected chi connectivity index (χ2v) is 3.44. The standard InChI is InChI=1S/C12H7F4NO/c13-10-7-9(12(14,15)16)3-1-8(10)2-4-11-17-5-6-18-11/h1-7H. The van der Waals surface area contributed by atoms with Gasteiger partial charge in [0.25, 0.3) is 0 Å². The Hall–Kier alpha value is -2.11. The summed E-state index contributed by atoms with van der Waals surface area (Å²) in [5.74, 6) is -0.707. The smallest absolute Gasteiger partial charge is 0.416 e. The van der Waals surface area contributed by atoms with Crippen molar-refractivity contribution in [3.63, 3.8) is 0 Å². The van der Waals surface area contributed by atoms with Gasteiger partial charge in [0.15, 0.2) is 0 Å². The zero-order valence-electron chi connectivity index (χ0n) is 8.91. The fourth-order valence-corrected chi connectivity index (χ4v) is 1.32. The molecule has 0 unspecified atom stereocenters. The van der Waals surface area contributed by atoms with Crippen LogP contribution in [0.4, 0.5) is 17.6 Å². The topological polar surface area (TPSA) is 26.0 Å². The number of hydrogen-bond acceptors (Lipinski definition) is 2. The normalized spacial score (nSPS) is 12.2. The minimum absolute atomic E-state index is 0.0289. The van der Waals surface area contributed by atoms with E-state index in [9.17, 15) is 17.6 Å². The summed E-state index contributed by atoms with van der Waals surface area (Å²) in [6.45, 7) is 0. The SMILES string of the molecule is Fc1cc(C(F)(F)F)ccc1C=Cc1ncco1. The molecule has 0 saturated heterocycles. The molecule has 1 heterocycles. The lowest BCUT2D eigenvalue weighted by Gasteiger charge is -2.07. The van der Waals surface area contributed by atoms with E-state index in [1.165, 1.54) is 24.6 Å². The number of benzene rings is 1. The van der Waals surface area contributed by atoms with Crippen LogP contribution >= 0.6 is 0 Å². The van der Waals surface area contributed by atoms with Crippen LogP contribution in [0.15, 0.2) is 35.1 Å². The first kappa shape index (κ1) is 12.3. The molecule has 0 aliphatic heterocycles. The fourth-order valence-electron chi connectivity index (χ4n) is 1.32. The largest absolute Gasteiger partial charge is 0.445 e. The van der Waals surface area contributed by atoms with Crippen molar-refractivity contribution in [3.8, 4) is 0 Å². The predicted octanol–water partition coefficient (Wildman–Crippen LogP) is 4.00. The molecule has 0 aliphatic rings. The number of nitrogens with zero attached hydrogens (tertiary/aromatic N) is 1. The van der Waals surface area contributed by atoms with E-state index in [0.29, 0.717) is 6.07 Å². The van der Waals surface area contributed by atoms with Crippen molar-refractivity contribution in [1.82, 2.24) is 4.98 Å². The third kappa shape index (κ3) is 2.77. The van der Waals surface area contributed by atoms with Gasteiger partial charge in [-0.25, -0.2) is 9.37 Å². The highest BCUT2D eigenvalue weighted by Crippen LogP contribution is 2.30. The second-order valence-electron chi connectivity index (χ2n) is 3.44. The van der Waals surface area contributed by atoms with Crippen molar-refractivity contribution in [2.24, 2.45) is 0 Å². The molecule has 18 heavy (non-hydrogen) atoms. The van der Waals surface area contributed by atoms with Crippen LogP contribution in [0.3, 0.4) is 0 Å². The van der Waals surface area contributed by atoms with Gasteiger partial charge in [-0.2, -0.15) is 13.2 Å². The first-order chi connectivity index (χ1) is 8.47. The second kappa shape index (κ2) is 4.64.